The van der Waals surface area contributed by atoms with Crippen molar-refractivity contribution >= 4 is 31.9 Å². The molecule has 2 heterocycles. The van der Waals surface area contributed by atoms with Crippen molar-refractivity contribution in [1.82, 2.24) is 20.0 Å². The largest absolute Gasteiger partial charge is 0.544 e. The van der Waals surface area contributed by atoms with Crippen molar-refractivity contribution in [2.75, 3.05) is 12.3 Å². The molecule has 1 amide bonds. The highest BCUT2D eigenvalue weighted by Gasteiger charge is 2.64. The maximum atomic E-state index is 16.3. The van der Waals surface area contributed by atoms with Gasteiger partial charge in [0.15, 0.2) is 11.9 Å². The number of nitrogen functional groups attached to an aromatic ring is 1. The van der Waals surface area contributed by atoms with Crippen molar-refractivity contribution in [1.29, 1.82) is 0 Å². The predicted molar refractivity (Wildman–Crippen MR) is 176 cm³/mol. The van der Waals surface area contributed by atoms with Gasteiger partial charge < -0.3 is 30.0 Å². The SMILES string of the molecule is CC(C)OC(=O)[C@H](C)N[P+](O)(OC[C@H]1OC(n2ccc(N)nc2=O)C(F)(F)[C@@H]1OC(=O)[C@@H](NC(=O)OC(C)(C)C)C(C)C)Oc1ccccc1. The third kappa shape index (κ3) is 11.0. The van der Waals surface area contributed by atoms with Crippen LogP contribution >= 0.6 is 8.09 Å². The molecule has 2 aromatic rings. The van der Waals surface area contributed by atoms with Crippen molar-refractivity contribution < 1.29 is 56.1 Å². The number of alkyl carbamates (subject to hydrolysis) is 1. The van der Waals surface area contributed by atoms with Gasteiger partial charge in [-0.1, -0.05) is 37.1 Å². The number of nitrogens with one attached hydrogen (secondary N) is 2. The van der Waals surface area contributed by atoms with E-state index in [1.165, 1.54) is 32.9 Å². The second-order valence-corrected chi connectivity index (χ2v) is 14.8. The Bertz CT molecular complexity index is 1540. The van der Waals surface area contributed by atoms with E-state index in [0.29, 0.717) is 4.57 Å². The number of benzene rings is 1. The van der Waals surface area contributed by atoms with Gasteiger partial charge in [0.25, 0.3) is 0 Å². The molecule has 0 bridgehead atoms. The summed E-state index contributed by atoms with van der Waals surface area (Å²) in [7, 11) is -4.37. The van der Waals surface area contributed by atoms with E-state index in [0.717, 1.165) is 12.3 Å². The van der Waals surface area contributed by atoms with Crippen molar-refractivity contribution in [3.63, 3.8) is 0 Å². The lowest BCUT2D eigenvalue weighted by Gasteiger charge is -2.28. The third-order valence-corrected chi connectivity index (χ3v) is 8.41. The van der Waals surface area contributed by atoms with Gasteiger partial charge in [-0.15, -0.1) is 0 Å². The van der Waals surface area contributed by atoms with Crippen molar-refractivity contribution in [3.8, 4) is 5.75 Å². The molecule has 1 saturated heterocycles. The Hall–Kier alpha value is -3.96. The molecule has 1 aliphatic heterocycles. The lowest BCUT2D eigenvalue weighted by molar-refractivity contribution is -0.179. The van der Waals surface area contributed by atoms with Gasteiger partial charge in [0, 0.05) is 6.20 Å². The monoisotopic (exact) mass is 732 g/mol. The fourth-order valence-corrected chi connectivity index (χ4v) is 6.03. The van der Waals surface area contributed by atoms with Gasteiger partial charge in [-0.3, -0.25) is 13.9 Å². The van der Waals surface area contributed by atoms with Gasteiger partial charge in [0.2, 0.25) is 6.23 Å². The normalized spacial score (nSPS) is 21.2. The summed E-state index contributed by atoms with van der Waals surface area (Å²) in [6.07, 6.45) is -7.29. The summed E-state index contributed by atoms with van der Waals surface area (Å²) in [5.41, 5.74) is 3.41. The zero-order valence-electron chi connectivity index (χ0n) is 29.0. The average molecular weight is 733 g/mol. The van der Waals surface area contributed by atoms with E-state index >= 15 is 8.78 Å². The molecule has 1 fully saturated rings. The van der Waals surface area contributed by atoms with Gasteiger partial charge in [0.1, 0.15) is 36.2 Å². The number of hydrogen-bond acceptors (Lipinski definition) is 14. The highest BCUT2D eigenvalue weighted by atomic mass is 31.2. The van der Waals surface area contributed by atoms with Gasteiger partial charge in [0.05, 0.1) is 6.10 Å². The Kier molecular flexibility index (Phi) is 13.3. The van der Waals surface area contributed by atoms with Crippen LogP contribution in [-0.4, -0.2) is 81.0 Å². The molecular formula is C31H45F2N5O11P+. The first kappa shape index (κ1) is 40.5. The Morgan fingerprint density at radius 3 is 2.30 bits per heavy atom. The molecule has 0 aliphatic carbocycles. The number of rotatable bonds is 14. The molecule has 0 saturated carbocycles. The van der Waals surface area contributed by atoms with Crippen LogP contribution in [0.2, 0.25) is 0 Å². The van der Waals surface area contributed by atoms with E-state index < -0.39 is 92.5 Å². The number of carbonyl (C=O) groups is 3. The van der Waals surface area contributed by atoms with E-state index in [2.05, 4.69) is 15.4 Å². The summed E-state index contributed by atoms with van der Waals surface area (Å²) in [6, 6.07) is 6.21. The topological polar surface area (TPSA) is 212 Å². The Morgan fingerprint density at radius 1 is 1.10 bits per heavy atom. The fraction of sp³-hybridized carbons (Fsp3) is 0.581. The maximum absolute atomic E-state index is 16.3. The number of anilines is 1. The van der Waals surface area contributed by atoms with Gasteiger partial charge in [-0.05, 0) is 65.7 Å². The number of carbonyl (C=O) groups excluding carboxylic acids is 3. The molecular weight excluding hydrogens is 687 g/mol. The second kappa shape index (κ2) is 16.4. The van der Waals surface area contributed by atoms with E-state index in [1.807, 2.05) is 0 Å². The second-order valence-electron chi connectivity index (χ2n) is 13.0. The predicted octanol–water partition coefficient (Wildman–Crippen LogP) is 3.51. The van der Waals surface area contributed by atoms with Gasteiger partial charge >= 0.3 is 37.7 Å². The minimum Gasteiger partial charge on any atom is -0.462 e. The number of nitrogens with zero attached hydrogens (tertiary/aromatic N) is 2. The van der Waals surface area contributed by atoms with E-state index in [9.17, 15) is 24.1 Å². The molecule has 16 nitrogen and oxygen atoms in total. The van der Waals surface area contributed by atoms with Crippen LogP contribution in [0.25, 0.3) is 0 Å². The summed E-state index contributed by atoms with van der Waals surface area (Å²) in [5, 5.41) is 4.87. The number of halogens is 2. The minimum absolute atomic E-state index is 0.0891. The number of nitrogens with two attached hydrogens (primary N) is 1. The van der Waals surface area contributed by atoms with Gasteiger partial charge in [-0.25, -0.2) is 14.4 Å². The van der Waals surface area contributed by atoms with E-state index in [4.69, 9.17) is 33.7 Å². The van der Waals surface area contributed by atoms with Crippen LogP contribution in [0.4, 0.5) is 19.4 Å². The molecule has 3 rings (SSSR count). The molecule has 278 valence electrons. The van der Waals surface area contributed by atoms with Crippen LogP contribution in [0.5, 0.6) is 5.75 Å². The Labute approximate surface area is 288 Å². The molecule has 1 aliphatic rings. The van der Waals surface area contributed by atoms with Crippen LogP contribution in [0.15, 0.2) is 47.4 Å². The lowest BCUT2D eigenvalue weighted by Crippen LogP contribution is -2.51. The first-order valence-corrected chi connectivity index (χ1v) is 17.3. The summed E-state index contributed by atoms with van der Waals surface area (Å²) >= 11 is 0. The smallest absolute Gasteiger partial charge is 0.462 e. The molecule has 1 aromatic heterocycles. The van der Waals surface area contributed by atoms with Crippen LogP contribution < -0.4 is 26.4 Å². The highest BCUT2D eigenvalue weighted by molar-refractivity contribution is 7.58. The molecule has 5 N–H and O–H groups in total. The molecule has 6 atom stereocenters. The van der Waals surface area contributed by atoms with E-state index in [-0.39, 0.29) is 11.6 Å². The number of ether oxygens (including phenoxy) is 4. The number of hydrogen-bond donors (Lipinski definition) is 4. The minimum atomic E-state index is -4.37. The van der Waals surface area contributed by atoms with Crippen LogP contribution in [0.1, 0.15) is 61.6 Å². The fourth-order valence-electron chi connectivity index (χ4n) is 4.50. The number of aromatic nitrogens is 2. The molecule has 2 unspecified atom stereocenters. The number of para-hydroxylation sites is 1. The first-order valence-electron chi connectivity index (χ1n) is 15.7. The highest BCUT2D eigenvalue weighted by Crippen LogP contribution is 2.54. The summed E-state index contributed by atoms with van der Waals surface area (Å²) < 4.78 is 65.6. The van der Waals surface area contributed by atoms with Crippen molar-refractivity contribution in [2.45, 2.75) is 104 Å². The van der Waals surface area contributed by atoms with E-state index in [1.54, 1.807) is 52.8 Å². The third-order valence-electron chi connectivity index (χ3n) is 6.74. The van der Waals surface area contributed by atoms with Crippen LogP contribution in [-0.2, 0) is 33.1 Å². The number of esters is 2. The van der Waals surface area contributed by atoms with Crippen LogP contribution in [0.3, 0.4) is 0 Å². The molecule has 0 spiro atoms. The molecule has 50 heavy (non-hydrogen) atoms. The molecule has 19 heteroatoms. The zero-order valence-corrected chi connectivity index (χ0v) is 29.9. The van der Waals surface area contributed by atoms with Crippen molar-refractivity contribution in [2.24, 2.45) is 5.92 Å². The first-order chi connectivity index (χ1) is 23.1. The molecule has 1 aromatic carbocycles. The van der Waals surface area contributed by atoms with Crippen LogP contribution in [0, 0.1) is 5.92 Å². The Balaban J connectivity index is 1.97. The Morgan fingerprint density at radius 2 is 1.74 bits per heavy atom. The summed E-state index contributed by atoms with van der Waals surface area (Å²) in [6.45, 7) is 11.5. The molecule has 0 radical (unpaired) electrons. The average Bonchev–Trinajstić information content (AvgIpc) is 3.22. The number of amides is 1. The van der Waals surface area contributed by atoms with Crippen molar-refractivity contribution in [3.05, 3.63) is 53.1 Å². The van der Waals surface area contributed by atoms with Gasteiger partial charge in [-0.2, -0.15) is 23.2 Å². The quantitative estimate of drug-likeness (QED) is 0.124. The lowest BCUT2D eigenvalue weighted by atomic mass is 10.0. The standard InChI is InChI=1S/C31H44F2N5O11P/c1-17(2)23(36-29(42)48-30(6,7)8)26(40)47-24-21(46-27(31(24,32)33)38-15-14-22(34)35-28(38)41)16-44-50(43,49-20-12-10-9-11-13-20)37-19(5)25(39)45-18(3)4/h9-15,17-19,21,23-24,27,37,43H,16H2,1-8H3,(H2-,34,35,36,41,42)/p+1/t19-,21+,23-,24+,27?,50?/m0/s1. The maximum Gasteiger partial charge on any atom is 0.544 e. The summed E-state index contributed by atoms with van der Waals surface area (Å²) in [4.78, 5) is 66.1. The zero-order chi connectivity index (χ0) is 37.6. The summed E-state index contributed by atoms with van der Waals surface area (Å²) in [5.74, 6) is -6.99. The number of alkyl halides is 2.